The Hall–Kier alpha value is -2.03. The molecule has 3 nitrogen and oxygen atoms in total. The van der Waals surface area contributed by atoms with Gasteiger partial charge in [0, 0.05) is 11.5 Å². The lowest BCUT2D eigenvalue weighted by Crippen LogP contribution is -2.20. The van der Waals surface area contributed by atoms with Crippen LogP contribution in [0.25, 0.3) is 0 Å². The number of methoxy groups -OCH3 is 1. The van der Waals surface area contributed by atoms with Gasteiger partial charge in [0.15, 0.2) is 0 Å². The van der Waals surface area contributed by atoms with Crippen LogP contribution in [0.2, 0.25) is 0 Å². The zero-order chi connectivity index (χ0) is 20.1. The van der Waals surface area contributed by atoms with Crippen molar-refractivity contribution in [1.82, 2.24) is 0 Å². The maximum Gasteiger partial charge on any atom is 0.339 e. The summed E-state index contributed by atoms with van der Waals surface area (Å²) in [4.78, 5) is 12.1. The quantitative estimate of drug-likeness (QED) is 0.422. The molecule has 1 aromatic rings. The van der Waals surface area contributed by atoms with Gasteiger partial charge in [0.25, 0.3) is 0 Å². The molecule has 0 aromatic heterocycles. The number of allylic oxidation sites excluding steroid dienone is 3. The Morgan fingerprint density at radius 2 is 2.04 bits per heavy atom. The fraction of sp³-hybridized carbons (Fsp3) is 0.542. The molecule has 0 bridgehead atoms. The van der Waals surface area contributed by atoms with Gasteiger partial charge < -0.3 is 9.84 Å². The summed E-state index contributed by atoms with van der Waals surface area (Å²) >= 11 is 0. The topological polar surface area (TPSA) is 46.5 Å². The van der Waals surface area contributed by atoms with Crippen LogP contribution in [0.1, 0.15) is 85.8 Å². The third kappa shape index (κ3) is 4.63. The molecule has 2 atom stereocenters. The lowest BCUT2D eigenvalue weighted by molar-refractivity contribution is 0.0691. The first-order valence-electron chi connectivity index (χ1n) is 10.1. The highest BCUT2D eigenvalue weighted by Gasteiger charge is 2.32. The van der Waals surface area contributed by atoms with Crippen molar-refractivity contribution in [2.75, 3.05) is 7.11 Å². The Morgan fingerprint density at radius 3 is 2.59 bits per heavy atom. The summed E-state index contributed by atoms with van der Waals surface area (Å²) in [6, 6.07) is 2.07. The minimum atomic E-state index is -0.900. The van der Waals surface area contributed by atoms with E-state index in [4.69, 9.17) is 4.74 Å². The molecule has 1 N–H and O–H groups in total. The average molecular weight is 371 g/mol. The van der Waals surface area contributed by atoms with Gasteiger partial charge in [-0.2, -0.15) is 0 Å². The molecule has 0 amide bonds. The number of unbranched alkanes of at least 4 members (excludes halogenated alkanes) is 2. The smallest absolute Gasteiger partial charge is 0.339 e. The third-order valence-corrected chi connectivity index (χ3v) is 5.79. The highest BCUT2D eigenvalue weighted by molar-refractivity contribution is 5.93. The fourth-order valence-corrected chi connectivity index (χ4v) is 4.40. The molecule has 1 aliphatic rings. The molecule has 1 aromatic carbocycles. The Labute approximate surface area is 164 Å². The number of carbonyl (C=O) groups is 1. The number of aryl methyl sites for hydroxylation is 2. The van der Waals surface area contributed by atoms with E-state index in [0.29, 0.717) is 17.2 Å². The minimum absolute atomic E-state index is 0.119. The van der Waals surface area contributed by atoms with E-state index in [1.54, 1.807) is 7.11 Å². The van der Waals surface area contributed by atoms with Crippen LogP contribution >= 0.6 is 0 Å². The predicted octanol–water partition coefficient (Wildman–Crippen LogP) is 6.45. The Bertz CT molecular complexity index is 742. The van der Waals surface area contributed by atoms with E-state index in [1.165, 1.54) is 5.57 Å². The van der Waals surface area contributed by atoms with E-state index in [0.717, 1.165) is 60.8 Å². The lowest BCUT2D eigenvalue weighted by atomic mass is 9.72. The van der Waals surface area contributed by atoms with Crippen LogP contribution in [-0.2, 0) is 6.42 Å². The zero-order valence-corrected chi connectivity index (χ0v) is 17.5. The summed E-state index contributed by atoms with van der Waals surface area (Å²) in [5.74, 6) is 0.0714. The van der Waals surface area contributed by atoms with Crippen molar-refractivity contribution in [3.8, 4) is 5.75 Å². The van der Waals surface area contributed by atoms with Gasteiger partial charge in [0.05, 0.1) is 7.11 Å². The summed E-state index contributed by atoms with van der Waals surface area (Å²) in [6.07, 6.45) is 8.39. The minimum Gasteiger partial charge on any atom is -0.496 e. The zero-order valence-electron chi connectivity index (χ0n) is 17.5. The molecular weight excluding hydrogens is 336 g/mol. The average Bonchev–Trinajstić information content (AvgIpc) is 2.60. The molecule has 2 unspecified atom stereocenters. The molecule has 0 fully saturated rings. The number of aromatic carboxylic acids is 1. The molecule has 148 valence electrons. The van der Waals surface area contributed by atoms with E-state index in [2.05, 4.69) is 46.4 Å². The van der Waals surface area contributed by atoms with Gasteiger partial charge in [-0.05, 0) is 63.5 Å². The van der Waals surface area contributed by atoms with E-state index < -0.39 is 5.97 Å². The normalized spacial score (nSPS) is 19.5. The molecule has 3 heteroatoms. The van der Waals surface area contributed by atoms with Crippen LogP contribution in [0.3, 0.4) is 0 Å². The summed E-state index contributed by atoms with van der Waals surface area (Å²) in [5.41, 5.74) is 5.85. The van der Waals surface area contributed by atoms with E-state index in [-0.39, 0.29) is 5.92 Å². The summed E-state index contributed by atoms with van der Waals surface area (Å²) in [7, 11) is 1.59. The Morgan fingerprint density at radius 1 is 1.33 bits per heavy atom. The molecule has 0 spiro atoms. The van der Waals surface area contributed by atoms with Crippen LogP contribution in [0, 0.1) is 12.8 Å². The van der Waals surface area contributed by atoms with Gasteiger partial charge in [0.1, 0.15) is 11.3 Å². The number of hydrogen-bond donors (Lipinski definition) is 1. The monoisotopic (exact) mass is 370 g/mol. The first-order valence-corrected chi connectivity index (χ1v) is 10.1. The SMILES string of the molecule is C=C(C)C1CCC(C)=CC1c1c(C)cc(CCCCC)c(C(=O)O)c1OC. The van der Waals surface area contributed by atoms with Crippen molar-refractivity contribution in [2.24, 2.45) is 5.92 Å². The van der Waals surface area contributed by atoms with Crippen LogP contribution < -0.4 is 4.74 Å². The first kappa shape index (κ1) is 21.3. The van der Waals surface area contributed by atoms with Crippen molar-refractivity contribution in [1.29, 1.82) is 0 Å². The number of ether oxygens (including phenoxy) is 1. The highest BCUT2D eigenvalue weighted by Crippen LogP contribution is 2.46. The second-order valence-electron chi connectivity index (χ2n) is 7.97. The number of carboxylic acid groups (broad SMARTS) is 1. The second-order valence-corrected chi connectivity index (χ2v) is 7.97. The lowest BCUT2D eigenvalue weighted by Gasteiger charge is -2.33. The molecular formula is C24H34O3. The van der Waals surface area contributed by atoms with Crippen LogP contribution in [0.5, 0.6) is 5.75 Å². The van der Waals surface area contributed by atoms with Crippen LogP contribution in [0.4, 0.5) is 0 Å². The molecule has 0 saturated heterocycles. The third-order valence-electron chi connectivity index (χ3n) is 5.79. The molecule has 0 aliphatic heterocycles. The Kier molecular flexibility index (Phi) is 7.29. The van der Waals surface area contributed by atoms with Crippen LogP contribution in [-0.4, -0.2) is 18.2 Å². The van der Waals surface area contributed by atoms with Gasteiger partial charge in [-0.3, -0.25) is 0 Å². The maximum atomic E-state index is 12.1. The van der Waals surface area contributed by atoms with Crippen molar-refractivity contribution < 1.29 is 14.6 Å². The largest absolute Gasteiger partial charge is 0.496 e. The van der Waals surface area contributed by atoms with Gasteiger partial charge in [-0.25, -0.2) is 4.79 Å². The van der Waals surface area contributed by atoms with Crippen LogP contribution in [0.15, 0.2) is 29.9 Å². The van der Waals surface area contributed by atoms with E-state index in [9.17, 15) is 9.90 Å². The first-order chi connectivity index (χ1) is 12.8. The van der Waals surface area contributed by atoms with Crippen molar-refractivity contribution in [2.45, 2.75) is 72.1 Å². The predicted molar refractivity (Wildman–Crippen MR) is 112 cm³/mol. The second kappa shape index (κ2) is 9.25. The van der Waals surface area contributed by atoms with Crippen molar-refractivity contribution in [3.63, 3.8) is 0 Å². The number of rotatable bonds is 8. The number of benzene rings is 1. The standard InChI is InChI=1S/C24H34O3/c1-7-8-9-10-18-14-17(5)21(23(27-6)22(18)24(25)26)20-13-16(4)11-12-19(20)15(2)3/h13-14,19-20H,2,7-12H2,1,3-6H3,(H,25,26). The molecule has 1 aliphatic carbocycles. The highest BCUT2D eigenvalue weighted by atomic mass is 16.5. The van der Waals surface area contributed by atoms with E-state index >= 15 is 0 Å². The summed E-state index contributed by atoms with van der Waals surface area (Å²) in [6.45, 7) is 12.7. The number of carboxylic acids is 1. The molecule has 27 heavy (non-hydrogen) atoms. The fourth-order valence-electron chi connectivity index (χ4n) is 4.40. The summed E-state index contributed by atoms with van der Waals surface area (Å²) < 4.78 is 5.74. The van der Waals surface area contributed by atoms with Crippen molar-refractivity contribution in [3.05, 3.63) is 52.1 Å². The van der Waals surface area contributed by atoms with Crippen molar-refractivity contribution >= 4 is 5.97 Å². The van der Waals surface area contributed by atoms with Gasteiger partial charge in [-0.15, -0.1) is 0 Å². The molecule has 2 rings (SSSR count). The molecule has 0 radical (unpaired) electrons. The molecule has 0 heterocycles. The molecule has 0 saturated carbocycles. The van der Waals surface area contributed by atoms with Gasteiger partial charge >= 0.3 is 5.97 Å². The Balaban J connectivity index is 2.65. The summed E-state index contributed by atoms with van der Waals surface area (Å²) in [5, 5.41) is 9.96. The number of hydrogen-bond acceptors (Lipinski definition) is 2. The van der Waals surface area contributed by atoms with Gasteiger partial charge in [0.2, 0.25) is 0 Å². The van der Waals surface area contributed by atoms with E-state index in [1.807, 2.05) is 0 Å². The maximum absolute atomic E-state index is 12.1. The van der Waals surface area contributed by atoms with Gasteiger partial charge in [-0.1, -0.05) is 49.6 Å².